The van der Waals surface area contributed by atoms with E-state index >= 15 is 0 Å². The van der Waals surface area contributed by atoms with Crippen molar-refractivity contribution in [3.8, 4) is 11.6 Å². The highest BCUT2D eigenvalue weighted by atomic mass is 32.1. The number of anilines is 1. The minimum atomic E-state index is 0.436. The molecule has 4 rings (SSSR count). The second-order valence-electron chi connectivity index (χ2n) is 4.62. The fourth-order valence-electron chi connectivity index (χ4n) is 2.26. The normalized spacial score (nSPS) is 11.3. The van der Waals surface area contributed by atoms with E-state index in [4.69, 9.17) is 10.5 Å². The lowest BCUT2D eigenvalue weighted by Crippen LogP contribution is -1.94. The number of thiophene rings is 1. The fourth-order valence-corrected chi connectivity index (χ4v) is 4.10. The molecule has 0 aliphatic heterocycles. The van der Waals surface area contributed by atoms with E-state index in [0.29, 0.717) is 11.6 Å². The molecule has 0 aliphatic rings. The van der Waals surface area contributed by atoms with Gasteiger partial charge in [0, 0.05) is 17.6 Å². The largest absolute Gasteiger partial charge is 0.436 e. The maximum absolute atomic E-state index is 5.95. The molecule has 6 heteroatoms. The Kier molecular flexibility index (Phi) is 2.80. The monoisotopic (exact) mass is 313 g/mol. The molecule has 21 heavy (non-hydrogen) atoms. The number of aromatic nitrogens is 2. The predicted molar refractivity (Wildman–Crippen MR) is 88.5 cm³/mol. The number of fused-ring (bicyclic) bond motifs is 3. The first-order chi connectivity index (χ1) is 10.2. The summed E-state index contributed by atoms with van der Waals surface area (Å²) in [5, 5.41) is 4.14. The molecule has 0 bridgehead atoms. The van der Waals surface area contributed by atoms with E-state index in [1.54, 1.807) is 41.0 Å². The van der Waals surface area contributed by atoms with Crippen molar-refractivity contribution in [1.29, 1.82) is 0 Å². The Balaban J connectivity index is 1.94. The third kappa shape index (κ3) is 2.03. The standard InChI is InChI=1S/C15H11N3OS2/c1-8-18-13-12(21-8)7-11(9-4-6-20-14(9)13)19-15-10(16)3-2-5-17-15/h2-7H,16H2,1H3. The summed E-state index contributed by atoms with van der Waals surface area (Å²) < 4.78 is 8.21. The van der Waals surface area contributed by atoms with Gasteiger partial charge in [-0.05, 0) is 30.5 Å². The smallest absolute Gasteiger partial charge is 0.242 e. The van der Waals surface area contributed by atoms with Gasteiger partial charge in [0.25, 0.3) is 0 Å². The van der Waals surface area contributed by atoms with Crippen molar-refractivity contribution in [1.82, 2.24) is 9.97 Å². The SMILES string of the molecule is Cc1nc2c(cc(Oc3ncccc3N)c3ccsc32)s1. The highest BCUT2D eigenvalue weighted by Gasteiger charge is 2.14. The molecule has 0 fully saturated rings. The predicted octanol–water partition coefficient (Wildman–Crippen LogP) is 4.59. The van der Waals surface area contributed by atoms with E-state index in [9.17, 15) is 0 Å². The van der Waals surface area contributed by atoms with Crippen LogP contribution in [0.5, 0.6) is 11.6 Å². The summed E-state index contributed by atoms with van der Waals surface area (Å²) in [6.07, 6.45) is 1.67. The lowest BCUT2D eigenvalue weighted by Gasteiger charge is -2.08. The maximum atomic E-state index is 5.95. The number of nitrogens with zero attached hydrogens (tertiary/aromatic N) is 2. The van der Waals surface area contributed by atoms with Crippen LogP contribution in [0.25, 0.3) is 20.3 Å². The number of hydrogen-bond donors (Lipinski definition) is 1. The van der Waals surface area contributed by atoms with Crippen molar-refractivity contribution in [2.24, 2.45) is 0 Å². The van der Waals surface area contributed by atoms with Gasteiger partial charge in [-0.2, -0.15) is 0 Å². The molecule has 0 saturated carbocycles. The molecule has 0 saturated heterocycles. The van der Waals surface area contributed by atoms with Gasteiger partial charge in [0.2, 0.25) is 5.88 Å². The molecule has 3 aromatic heterocycles. The molecule has 4 aromatic rings. The average molecular weight is 313 g/mol. The number of nitrogen functional groups attached to an aromatic ring is 1. The lowest BCUT2D eigenvalue weighted by molar-refractivity contribution is 0.471. The number of nitrogens with two attached hydrogens (primary N) is 1. The minimum absolute atomic E-state index is 0.436. The van der Waals surface area contributed by atoms with Crippen LogP contribution in [0.1, 0.15) is 5.01 Å². The first-order valence-electron chi connectivity index (χ1n) is 6.38. The molecule has 0 amide bonds. The van der Waals surface area contributed by atoms with Gasteiger partial charge in [-0.15, -0.1) is 22.7 Å². The summed E-state index contributed by atoms with van der Waals surface area (Å²) in [4.78, 5) is 8.81. The molecule has 0 spiro atoms. The molecule has 104 valence electrons. The van der Waals surface area contributed by atoms with E-state index in [-0.39, 0.29) is 0 Å². The molecule has 1 aromatic carbocycles. The van der Waals surface area contributed by atoms with E-state index in [0.717, 1.165) is 31.1 Å². The second kappa shape index (κ2) is 4.68. The molecule has 0 unspecified atom stereocenters. The summed E-state index contributed by atoms with van der Waals surface area (Å²) in [6, 6.07) is 7.63. The third-order valence-corrected chi connectivity index (χ3v) is 5.01. The van der Waals surface area contributed by atoms with Gasteiger partial charge >= 0.3 is 0 Å². The highest BCUT2D eigenvalue weighted by Crippen LogP contribution is 2.40. The van der Waals surface area contributed by atoms with Crippen molar-refractivity contribution in [3.05, 3.63) is 40.8 Å². The summed E-state index contributed by atoms with van der Waals surface area (Å²) in [5.74, 6) is 1.21. The third-order valence-electron chi connectivity index (χ3n) is 3.18. The molecular formula is C15H11N3OS2. The summed E-state index contributed by atoms with van der Waals surface area (Å²) >= 11 is 3.33. The summed E-state index contributed by atoms with van der Waals surface area (Å²) in [5.41, 5.74) is 7.48. The van der Waals surface area contributed by atoms with Crippen LogP contribution in [0.3, 0.4) is 0 Å². The zero-order chi connectivity index (χ0) is 14.4. The van der Waals surface area contributed by atoms with Crippen LogP contribution < -0.4 is 10.5 Å². The number of thiazole rings is 1. The topological polar surface area (TPSA) is 61.0 Å². The van der Waals surface area contributed by atoms with Gasteiger partial charge in [-0.1, -0.05) is 0 Å². The zero-order valence-electron chi connectivity index (χ0n) is 11.2. The number of pyridine rings is 1. The molecule has 4 nitrogen and oxygen atoms in total. The number of hydrogen-bond acceptors (Lipinski definition) is 6. The van der Waals surface area contributed by atoms with Gasteiger partial charge in [-0.3, -0.25) is 0 Å². The first kappa shape index (κ1) is 12.6. The Morgan fingerprint density at radius 3 is 3.05 bits per heavy atom. The summed E-state index contributed by atoms with van der Waals surface area (Å²) in [7, 11) is 0. The van der Waals surface area contributed by atoms with Crippen LogP contribution in [0.15, 0.2) is 35.8 Å². The van der Waals surface area contributed by atoms with Crippen LogP contribution in [-0.2, 0) is 0 Å². The number of ether oxygens (including phenoxy) is 1. The maximum Gasteiger partial charge on any atom is 0.242 e. The van der Waals surface area contributed by atoms with Gasteiger partial charge in [0.15, 0.2) is 0 Å². The van der Waals surface area contributed by atoms with Gasteiger partial charge in [0.1, 0.15) is 5.75 Å². The molecule has 0 aliphatic carbocycles. The van der Waals surface area contributed by atoms with Gasteiger partial charge in [-0.25, -0.2) is 9.97 Å². The van der Waals surface area contributed by atoms with Crippen molar-refractivity contribution in [3.63, 3.8) is 0 Å². The van der Waals surface area contributed by atoms with E-state index in [2.05, 4.69) is 9.97 Å². The minimum Gasteiger partial charge on any atom is -0.436 e. The fraction of sp³-hybridized carbons (Fsp3) is 0.0667. The molecule has 2 N–H and O–H groups in total. The molecule has 3 heterocycles. The Bertz CT molecular complexity index is 958. The van der Waals surface area contributed by atoms with E-state index in [1.807, 2.05) is 24.4 Å². The van der Waals surface area contributed by atoms with E-state index in [1.165, 1.54) is 0 Å². The number of aryl methyl sites for hydroxylation is 1. The second-order valence-corrected chi connectivity index (χ2v) is 6.77. The van der Waals surface area contributed by atoms with E-state index < -0.39 is 0 Å². The lowest BCUT2D eigenvalue weighted by atomic mass is 10.2. The van der Waals surface area contributed by atoms with Crippen molar-refractivity contribution in [2.45, 2.75) is 6.92 Å². The Morgan fingerprint density at radius 2 is 2.19 bits per heavy atom. The molecule has 0 radical (unpaired) electrons. The van der Waals surface area contributed by atoms with Crippen LogP contribution >= 0.6 is 22.7 Å². The van der Waals surface area contributed by atoms with Crippen LogP contribution in [-0.4, -0.2) is 9.97 Å². The summed E-state index contributed by atoms with van der Waals surface area (Å²) in [6.45, 7) is 2.02. The van der Waals surface area contributed by atoms with Crippen LogP contribution in [0.4, 0.5) is 5.69 Å². The van der Waals surface area contributed by atoms with Crippen molar-refractivity contribution >= 4 is 48.7 Å². The Labute approximate surface area is 128 Å². The number of rotatable bonds is 2. The average Bonchev–Trinajstić information content (AvgIpc) is 3.06. The van der Waals surface area contributed by atoms with Crippen molar-refractivity contribution < 1.29 is 4.74 Å². The van der Waals surface area contributed by atoms with Crippen LogP contribution in [0, 0.1) is 6.92 Å². The van der Waals surface area contributed by atoms with Gasteiger partial charge in [0.05, 0.1) is 25.6 Å². The van der Waals surface area contributed by atoms with Crippen LogP contribution in [0.2, 0.25) is 0 Å². The molecule has 0 atom stereocenters. The van der Waals surface area contributed by atoms with Gasteiger partial charge < -0.3 is 10.5 Å². The van der Waals surface area contributed by atoms with Crippen molar-refractivity contribution in [2.75, 3.05) is 5.73 Å². The Morgan fingerprint density at radius 1 is 1.29 bits per heavy atom. The highest BCUT2D eigenvalue weighted by molar-refractivity contribution is 7.21. The number of benzene rings is 1. The first-order valence-corrected chi connectivity index (χ1v) is 8.07. The Hall–Kier alpha value is -2.18. The zero-order valence-corrected chi connectivity index (χ0v) is 12.8. The quantitative estimate of drug-likeness (QED) is 0.588. The molecular weight excluding hydrogens is 302 g/mol.